The number of rotatable bonds is 8. The zero-order valence-corrected chi connectivity index (χ0v) is 16.8. The van der Waals surface area contributed by atoms with Gasteiger partial charge in [-0.2, -0.15) is 0 Å². The van der Waals surface area contributed by atoms with E-state index in [9.17, 15) is 9.59 Å². The lowest BCUT2D eigenvalue weighted by atomic mass is 10.1. The maximum atomic E-state index is 12.9. The van der Waals surface area contributed by atoms with Crippen LogP contribution in [0.3, 0.4) is 0 Å². The minimum absolute atomic E-state index is 0.0476. The van der Waals surface area contributed by atoms with Gasteiger partial charge in [0, 0.05) is 44.2 Å². The van der Waals surface area contributed by atoms with Crippen molar-refractivity contribution < 1.29 is 9.59 Å². The van der Waals surface area contributed by atoms with Crippen molar-refractivity contribution in [3.05, 3.63) is 35.4 Å². The molecule has 3 N–H and O–H groups in total. The lowest BCUT2D eigenvalue weighted by Gasteiger charge is -2.29. The molecule has 28 heavy (non-hydrogen) atoms. The molecule has 0 aromatic heterocycles. The summed E-state index contributed by atoms with van der Waals surface area (Å²) in [4.78, 5) is 30.0. The molecule has 1 aromatic carbocycles. The first kappa shape index (κ1) is 19.4. The highest BCUT2D eigenvalue weighted by molar-refractivity contribution is 5.90. The Morgan fingerprint density at radius 2 is 1.93 bits per heavy atom. The predicted molar refractivity (Wildman–Crippen MR) is 108 cm³/mol. The predicted octanol–water partition coefficient (Wildman–Crippen LogP) is 1.41. The Labute approximate surface area is 167 Å². The molecule has 0 bridgehead atoms. The molecule has 1 aliphatic heterocycles. The SMILES string of the molecule is Cc1ccccc1CN(C1CC1)C1CC(C(=O)NCCN)N(C(=O)C2CC2)C1. The number of nitrogens with one attached hydrogen (secondary N) is 1. The number of carbonyl (C=O) groups is 2. The number of nitrogens with zero attached hydrogens (tertiary/aromatic N) is 2. The van der Waals surface area contributed by atoms with Crippen molar-refractivity contribution >= 4 is 11.8 Å². The van der Waals surface area contributed by atoms with Gasteiger partial charge in [-0.15, -0.1) is 0 Å². The molecule has 2 unspecified atom stereocenters. The standard InChI is InChI=1S/C22H32N4O2/c1-15-4-2-3-5-17(15)13-25(18-8-9-18)19-12-20(21(27)24-11-10-23)26(14-19)22(28)16-6-7-16/h2-5,16,18-20H,6-14,23H2,1H3,(H,24,27). The molecule has 0 radical (unpaired) electrons. The molecule has 2 saturated carbocycles. The number of aryl methyl sites for hydroxylation is 1. The van der Waals surface area contributed by atoms with Gasteiger partial charge in [-0.25, -0.2) is 0 Å². The van der Waals surface area contributed by atoms with Gasteiger partial charge in [-0.05, 0) is 50.2 Å². The van der Waals surface area contributed by atoms with E-state index in [2.05, 4.69) is 41.4 Å². The highest BCUT2D eigenvalue weighted by Gasteiger charge is 2.47. The van der Waals surface area contributed by atoms with Crippen LogP contribution in [0.5, 0.6) is 0 Å². The summed E-state index contributed by atoms with van der Waals surface area (Å²) in [7, 11) is 0. The van der Waals surface area contributed by atoms with E-state index in [0.29, 0.717) is 25.7 Å². The quantitative estimate of drug-likeness (QED) is 0.710. The molecule has 1 aromatic rings. The van der Waals surface area contributed by atoms with Crippen LogP contribution in [0.15, 0.2) is 24.3 Å². The Bertz CT molecular complexity index is 729. The first-order valence-corrected chi connectivity index (χ1v) is 10.7. The fourth-order valence-corrected chi connectivity index (χ4v) is 4.37. The number of carbonyl (C=O) groups excluding carboxylic acids is 2. The van der Waals surface area contributed by atoms with Crippen LogP contribution in [0.25, 0.3) is 0 Å². The summed E-state index contributed by atoms with van der Waals surface area (Å²) in [5.41, 5.74) is 8.19. The topological polar surface area (TPSA) is 78.7 Å². The Hall–Kier alpha value is -1.92. The largest absolute Gasteiger partial charge is 0.353 e. The van der Waals surface area contributed by atoms with Crippen LogP contribution in [-0.4, -0.2) is 59.4 Å². The van der Waals surface area contributed by atoms with Gasteiger partial charge in [0.15, 0.2) is 0 Å². The highest BCUT2D eigenvalue weighted by Crippen LogP contribution is 2.38. The van der Waals surface area contributed by atoms with Crippen molar-refractivity contribution in [1.82, 2.24) is 15.1 Å². The van der Waals surface area contributed by atoms with Crippen LogP contribution < -0.4 is 11.1 Å². The number of hydrogen-bond donors (Lipinski definition) is 2. The van der Waals surface area contributed by atoms with Gasteiger partial charge in [-0.1, -0.05) is 24.3 Å². The fraction of sp³-hybridized carbons (Fsp3) is 0.636. The van der Waals surface area contributed by atoms with Crippen molar-refractivity contribution in [2.24, 2.45) is 11.7 Å². The zero-order valence-electron chi connectivity index (χ0n) is 16.8. The molecule has 3 aliphatic rings. The van der Waals surface area contributed by atoms with E-state index >= 15 is 0 Å². The number of likely N-dealkylation sites (tertiary alicyclic amines) is 1. The van der Waals surface area contributed by atoms with Crippen LogP contribution in [0.2, 0.25) is 0 Å². The first-order valence-electron chi connectivity index (χ1n) is 10.7. The molecule has 2 amide bonds. The maximum absolute atomic E-state index is 12.9. The van der Waals surface area contributed by atoms with Gasteiger partial charge < -0.3 is 16.0 Å². The second kappa shape index (κ2) is 8.21. The van der Waals surface area contributed by atoms with Crippen molar-refractivity contribution in [1.29, 1.82) is 0 Å². The summed E-state index contributed by atoms with van der Waals surface area (Å²) in [6.45, 7) is 4.59. The number of benzene rings is 1. The van der Waals surface area contributed by atoms with Gasteiger partial charge >= 0.3 is 0 Å². The monoisotopic (exact) mass is 384 g/mol. The first-order chi connectivity index (χ1) is 13.6. The number of hydrogen-bond acceptors (Lipinski definition) is 4. The molecule has 2 aliphatic carbocycles. The Balaban J connectivity index is 1.51. The molecular formula is C22H32N4O2. The lowest BCUT2D eigenvalue weighted by Crippen LogP contribution is -2.47. The van der Waals surface area contributed by atoms with E-state index in [1.54, 1.807) is 0 Å². The van der Waals surface area contributed by atoms with Gasteiger partial charge in [0.1, 0.15) is 6.04 Å². The van der Waals surface area contributed by atoms with Crippen LogP contribution in [0, 0.1) is 12.8 Å². The molecule has 1 heterocycles. The summed E-state index contributed by atoms with van der Waals surface area (Å²) in [6, 6.07) is 8.97. The second-order valence-corrected chi connectivity index (χ2v) is 8.58. The summed E-state index contributed by atoms with van der Waals surface area (Å²) >= 11 is 0. The molecule has 152 valence electrons. The third-order valence-electron chi connectivity index (χ3n) is 6.33. The van der Waals surface area contributed by atoms with E-state index in [1.807, 2.05) is 4.90 Å². The van der Waals surface area contributed by atoms with Gasteiger partial charge in [0.05, 0.1) is 0 Å². The Morgan fingerprint density at radius 3 is 2.57 bits per heavy atom. The molecule has 2 atom stereocenters. The lowest BCUT2D eigenvalue weighted by molar-refractivity contribution is -0.139. The third kappa shape index (κ3) is 4.23. The number of nitrogens with two attached hydrogens (primary N) is 1. The average molecular weight is 385 g/mol. The maximum Gasteiger partial charge on any atom is 0.242 e. The molecule has 6 heteroatoms. The van der Waals surface area contributed by atoms with Crippen molar-refractivity contribution in [3.8, 4) is 0 Å². The van der Waals surface area contributed by atoms with Crippen LogP contribution in [-0.2, 0) is 16.1 Å². The molecule has 3 fully saturated rings. The van der Waals surface area contributed by atoms with Crippen molar-refractivity contribution in [3.63, 3.8) is 0 Å². The van der Waals surface area contributed by atoms with Crippen LogP contribution in [0.1, 0.15) is 43.2 Å². The van der Waals surface area contributed by atoms with E-state index in [1.165, 1.54) is 24.0 Å². The summed E-state index contributed by atoms with van der Waals surface area (Å²) in [5.74, 6) is 0.255. The average Bonchev–Trinajstić information content (AvgIpc) is 3.61. The van der Waals surface area contributed by atoms with Crippen LogP contribution >= 0.6 is 0 Å². The minimum atomic E-state index is -0.359. The zero-order chi connectivity index (χ0) is 19.7. The van der Waals surface area contributed by atoms with Crippen molar-refractivity contribution in [2.45, 2.75) is 63.7 Å². The van der Waals surface area contributed by atoms with Crippen molar-refractivity contribution in [2.75, 3.05) is 19.6 Å². The Kier molecular flexibility index (Phi) is 5.69. The van der Waals surface area contributed by atoms with Gasteiger partial charge in [-0.3, -0.25) is 14.5 Å². The van der Waals surface area contributed by atoms with E-state index in [0.717, 1.165) is 25.8 Å². The summed E-state index contributed by atoms with van der Waals surface area (Å²) < 4.78 is 0. The van der Waals surface area contributed by atoms with Crippen LogP contribution in [0.4, 0.5) is 0 Å². The number of amides is 2. The van der Waals surface area contributed by atoms with Gasteiger partial charge in [0.2, 0.25) is 11.8 Å². The van der Waals surface area contributed by atoms with E-state index < -0.39 is 0 Å². The summed E-state index contributed by atoms with van der Waals surface area (Å²) in [6.07, 6.45) is 5.07. The third-order valence-corrected chi connectivity index (χ3v) is 6.33. The fourth-order valence-electron chi connectivity index (χ4n) is 4.37. The molecule has 0 spiro atoms. The van der Waals surface area contributed by atoms with E-state index in [-0.39, 0.29) is 29.8 Å². The Morgan fingerprint density at radius 1 is 1.18 bits per heavy atom. The normalized spacial score (nSPS) is 24.6. The summed E-state index contributed by atoms with van der Waals surface area (Å²) in [5, 5.41) is 2.91. The minimum Gasteiger partial charge on any atom is -0.353 e. The second-order valence-electron chi connectivity index (χ2n) is 8.58. The van der Waals surface area contributed by atoms with Gasteiger partial charge in [0.25, 0.3) is 0 Å². The smallest absolute Gasteiger partial charge is 0.242 e. The highest BCUT2D eigenvalue weighted by atomic mass is 16.2. The van der Waals surface area contributed by atoms with E-state index in [4.69, 9.17) is 5.73 Å². The molecule has 1 saturated heterocycles. The molecule has 4 rings (SSSR count). The molecular weight excluding hydrogens is 352 g/mol. The molecule has 6 nitrogen and oxygen atoms in total.